The Hall–Kier alpha value is -0.560. The first kappa shape index (κ1) is 8.54. The molecular formula is C10H17N. The summed E-state index contributed by atoms with van der Waals surface area (Å²) in [6.07, 6.45) is 7.51. The van der Waals surface area contributed by atoms with Gasteiger partial charge in [-0.25, -0.2) is 0 Å². The molecule has 0 amide bonds. The lowest BCUT2D eigenvalue weighted by atomic mass is 9.86. The van der Waals surface area contributed by atoms with E-state index < -0.39 is 0 Å². The zero-order valence-corrected chi connectivity index (χ0v) is 7.22. The normalized spacial score (nSPS) is 31.3. The molecule has 1 nitrogen and oxygen atoms in total. The molecule has 0 heterocycles. The number of hydrogen-bond acceptors (Lipinski definition) is 1. The second kappa shape index (κ2) is 3.72. The van der Waals surface area contributed by atoms with Crippen LogP contribution < -0.4 is 5.73 Å². The van der Waals surface area contributed by atoms with E-state index >= 15 is 0 Å². The lowest BCUT2D eigenvalue weighted by Crippen LogP contribution is -2.24. The highest BCUT2D eigenvalue weighted by Gasteiger charge is 2.14. The van der Waals surface area contributed by atoms with Gasteiger partial charge in [-0.3, -0.25) is 0 Å². The monoisotopic (exact) mass is 151 g/mol. The minimum atomic E-state index is 0.286. The van der Waals surface area contributed by atoms with Gasteiger partial charge in [-0.05, 0) is 25.2 Å². The van der Waals surface area contributed by atoms with Crippen LogP contribution in [0.5, 0.6) is 0 Å². The third-order valence-electron chi connectivity index (χ3n) is 2.14. The Bertz CT molecular complexity index is 170. The quantitative estimate of drug-likeness (QED) is 0.602. The third-order valence-corrected chi connectivity index (χ3v) is 2.14. The van der Waals surface area contributed by atoms with Gasteiger partial charge < -0.3 is 5.73 Å². The Kier molecular flexibility index (Phi) is 2.89. The molecule has 0 saturated carbocycles. The number of rotatable bonds is 2. The van der Waals surface area contributed by atoms with Crippen molar-refractivity contribution in [3.63, 3.8) is 0 Å². The molecule has 0 spiro atoms. The Morgan fingerprint density at radius 3 is 3.09 bits per heavy atom. The predicted molar refractivity (Wildman–Crippen MR) is 49.3 cm³/mol. The van der Waals surface area contributed by atoms with Gasteiger partial charge in [-0.15, -0.1) is 6.58 Å². The van der Waals surface area contributed by atoms with Crippen molar-refractivity contribution in [2.75, 3.05) is 0 Å². The Labute approximate surface area is 69.0 Å². The molecule has 2 atom stereocenters. The van der Waals surface area contributed by atoms with Crippen molar-refractivity contribution in [1.29, 1.82) is 0 Å². The van der Waals surface area contributed by atoms with Gasteiger partial charge in [0.2, 0.25) is 0 Å². The molecule has 1 heteroatoms. The molecule has 0 aliphatic heterocycles. The molecule has 0 aromatic carbocycles. The van der Waals surface area contributed by atoms with E-state index in [1.54, 1.807) is 0 Å². The minimum Gasteiger partial charge on any atom is -0.324 e. The molecule has 2 unspecified atom stereocenters. The second-order valence-electron chi connectivity index (χ2n) is 3.53. The molecule has 1 aliphatic rings. The standard InChI is InChI=1S/C10H17N/c1-3-4-9-5-8(2)6-10(11)7-9/h3,7-8,10H,1,4-6,11H2,2H3. The van der Waals surface area contributed by atoms with Gasteiger partial charge in [0.05, 0.1) is 0 Å². The van der Waals surface area contributed by atoms with E-state index in [2.05, 4.69) is 19.6 Å². The molecule has 1 rings (SSSR count). The SMILES string of the molecule is C=CCC1=CC(N)CC(C)C1. The van der Waals surface area contributed by atoms with Crippen LogP contribution in [0.1, 0.15) is 26.2 Å². The molecular weight excluding hydrogens is 134 g/mol. The average molecular weight is 151 g/mol. The summed E-state index contributed by atoms with van der Waals surface area (Å²) in [5, 5.41) is 0. The molecule has 2 N–H and O–H groups in total. The summed E-state index contributed by atoms with van der Waals surface area (Å²) >= 11 is 0. The number of allylic oxidation sites excluding steroid dienone is 2. The summed E-state index contributed by atoms with van der Waals surface area (Å²) in [5.41, 5.74) is 7.30. The predicted octanol–water partition coefficient (Wildman–Crippen LogP) is 2.25. The highest BCUT2D eigenvalue weighted by Crippen LogP contribution is 2.24. The summed E-state index contributed by atoms with van der Waals surface area (Å²) in [5.74, 6) is 0.755. The van der Waals surface area contributed by atoms with E-state index in [1.165, 1.54) is 12.0 Å². The molecule has 11 heavy (non-hydrogen) atoms. The second-order valence-corrected chi connectivity index (χ2v) is 3.53. The largest absolute Gasteiger partial charge is 0.324 e. The third kappa shape index (κ3) is 2.51. The van der Waals surface area contributed by atoms with E-state index in [9.17, 15) is 0 Å². The number of nitrogens with two attached hydrogens (primary N) is 1. The Balaban J connectivity index is 2.56. The van der Waals surface area contributed by atoms with Crippen LogP contribution in [0, 0.1) is 5.92 Å². The molecule has 0 fully saturated rings. The Morgan fingerprint density at radius 2 is 2.55 bits per heavy atom. The van der Waals surface area contributed by atoms with Crippen LogP contribution in [-0.2, 0) is 0 Å². The lowest BCUT2D eigenvalue weighted by molar-refractivity contribution is 0.468. The lowest BCUT2D eigenvalue weighted by Gasteiger charge is -2.22. The van der Waals surface area contributed by atoms with Crippen molar-refractivity contribution in [2.45, 2.75) is 32.2 Å². The fourth-order valence-corrected chi connectivity index (χ4v) is 1.77. The van der Waals surface area contributed by atoms with Gasteiger partial charge >= 0.3 is 0 Å². The maximum atomic E-state index is 5.84. The van der Waals surface area contributed by atoms with Gasteiger partial charge in [0, 0.05) is 6.04 Å². The van der Waals surface area contributed by atoms with E-state index in [0.717, 1.165) is 18.8 Å². The van der Waals surface area contributed by atoms with Crippen molar-refractivity contribution >= 4 is 0 Å². The van der Waals surface area contributed by atoms with E-state index in [1.807, 2.05) is 6.08 Å². The average Bonchev–Trinajstić information content (AvgIpc) is 1.85. The summed E-state index contributed by atoms with van der Waals surface area (Å²) in [6, 6.07) is 0.286. The maximum absolute atomic E-state index is 5.84. The zero-order chi connectivity index (χ0) is 8.27. The van der Waals surface area contributed by atoms with Crippen molar-refractivity contribution in [1.82, 2.24) is 0 Å². The summed E-state index contributed by atoms with van der Waals surface area (Å²) in [4.78, 5) is 0. The highest BCUT2D eigenvalue weighted by atomic mass is 14.6. The summed E-state index contributed by atoms with van der Waals surface area (Å²) in [7, 11) is 0. The van der Waals surface area contributed by atoms with Gasteiger partial charge in [-0.1, -0.05) is 24.6 Å². The van der Waals surface area contributed by atoms with Crippen molar-refractivity contribution in [3.05, 3.63) is 24.3 Å². The van der Waals surface area contributed by atoms with Crippen LogP contribution >= 0.6 is 0 Å². The van der Waals surface area contributed by atoms with Crippen LogP contribution in [0.25, 0.3) is 0 Å². The fourth-order valence-electron chi connectivity index (χ4n) is 1.77. The zero-order valence-electron chi connectivity index (χ0n) is 7.22. The van der Waals surface area contributed by atoms with Crippen LogP contribution in [0.3, 0.4) is 0 Å². The molecule has 0 aromatic rings. The van der Waals surface area contributed by atoms with Crippen LogP contribution in [0.15, 0.2) is 24.3 Å². The first-order valence-electron chi connectivity index (χ1n) is 4.28. The molecule has 0 aromatic heterocycles. The topological polar surface area (TPSA) is 26.0 Å². The highest BCUT2D eigenvalue weighted by molar-refractivity contribution is 5.13. The van der Waals surface area contributed by atoms with Gasteiger partial charge in [0.1, 0.15) is 0 Å². The first-order chi connectivity index (χ1) is 5.22. The van der Waals surface area contributed by atoms with Crippen molar-refractivity contribution in [2.24, 2.45) is 11.7 Å². The maximum Gasteiger partial charge on any atom is 0.0229 e. The molecule has 1 aliphatic carbocycles. The summed E-state index contributed by atoms with van der Waals surface area (Å²) in [6.45, 7) is 5.98. The van der Waals surface area contributed by atoms with E-state index in [-0.39, 0.29) is 6.04 Å². The van der Waals surface area contributed by atoms with Gasteiger partial charge in [-0.2, -0.15) is 0 Å². The molecule has 62 valence electrons. The van der Waals surface area contributed by atoms with E-state index in [0.29, 0.717) is 0 Å². The van der Waals surface area contributed by atoms with Crippen LogP contribution in [0.2, 0.25) is 0 Å². The molecule has 0 saturated heterocycles. The molecule has 0 radical (unpaired) electrons. The van der Waals surface area contributed by atoms with Crippen LogP contribution in [0.4, 0.5) is 0 Å². The minimum absolute atomic E-state index is 0.286. The van der Waals surface area contributed by atoms with Crippen LogP contribution in [-0.4, -0.2) is 6.04 Å². The van der Waals surface area contributed by atoms with Crippen molar-refractivity contribution in [3.8, 4) is 0 Å². The van der Waals surface area contributed by atoms with E-state index in [4.69, 9.17) is 5.73 Å². The first-order valence-corrected chi connectivity index (χ1v) is 4.28. The van der Waals surface area contributed by atoms with Gasteiger partial charge in [0.25, 0.3) is 0 Å². The fraction of sp³-hybridized carbons (Fsp3) is 0.600. The van der Waals surface area contributed by atoms with Crippen molar-refractivity contribution < 1.29 is 0 Å². The molecule has 0 bridgehead atoms. The number of hydrogen-bond donors (Lipinski definition) is 1. The smallest absolute Gasteiger partial charge is 0.0229 e. The Morgan fingerprint density at radius 1 is 1.82 bits per heavy atom. The van der Waals surface area contributed by atoms with Gasteiger partial charge in [0.15, 0.2) is 0 Å². The summed E-state index contributed by atoms with van der Waals surface area (Å²) < 4.78 is 0.